The van der Waals surface area contributed by atoms with Gasteiger partial charge in [-0.25, -0.2) is 4.98 Å². The first-order valence-electron chi connectivity index (χ1n) is 14.0. The molecule has 0 spiro atoms. The van der Waals surface area contributed by atoms with Crippen molar-refractivity contribution in [2.45, 2.75) is 83.2 Å². The van der Waals surface area contributed by atoms with Crippen LogP contribution in [0, 0.1) is 0 Å². The van der Waals surface area contributed by atoms with Gasteiger partial charge < -0.3 is 37.9 Å². The van der Waals surface area contributed by atoms with Crippen LogP contribution in [0.15, 0.2) is 16.1 Å². The number of nitrogens with zero attached hydrogens (tertiary/aromatic N) is 3. The smallest absolute Gasteiger partial charge is 0.304 e. The number of ether oxygens (including phenoxy) is 8. The minimum Gasteiger partial charge on any atom is -0.463 e. The third kappa shape index (κ3) is 6.62. The van der Waals surface area contributed by atoms with E-state index >= 15 is 0 Å². The Labute approximate surface area is 261 Å². The summed E-state index contributed by atoms with van der Waals surface area (Å²) in [7, 11) is 0. The molecule has 0 N–H and O–H groups in total. The molecule has 4 heterocycles. The topological polar surface area (TPSA) is 224 Å². The van der Waals surface area contributed by atoms with Gasteiger partial charge in [-0.2, -0.15) is 0 Å². The number of esters is 6. The minimum atomic E-state index is -2.10. The fraction of sp³-hybridized carbons (Fsp3) is 0.607. The van der Waals surface area contributed by atoms with Crippen molar-refractivity contribution in [2.24, 2.45) is 4.99 Å². The van der Waals surface area contributed by atoms with Crippen LogP contribution < -0.4 is 5.56 Å². The van der Waals surface area contributed by atoms with Crippen molar-refractivity contribution in [1.82, 2.24) is 9.55 Å². The largest absolute Gasteiger partial charge is 0.463 e. The summed E-state index contributed by atoms with van der Waals surface area (Å²) in [6.45, 7) is 5.10. The third-order valence-electron chi connectivity index (χ3n) is 7.33. The Hall–Kier alpha value is -4.71. The number of hydrogen-bond donors (Lipinski definition) is 0. The lowest BCUT2D eigenvalue weighted by Crippen LogP contribution is -2.56. The van der Waals surface area contributed by atoms with Crippen molar-refractivity contribution in [1.29, 1.82) is 0 Å². The van der Waals surface area contributed by atoms with E-state index in [1.807, 2.05) is 0 Å². The Morgan fingerprint density at radius 2 is 1.33 bits per heavy atom. The number of hydrogen-bond acceptors (Lipinski definition) is 17. The molecule has 0 aliphatic carbocycles. The molecule has 4 rings (SSSR count). The van der Waals surface area contributed by atoms with Crippen molar-refractivity contribution in [3.8, 4) is 0 Å². The molecule has 0 amide bonds. The van der Waals surface area contributed by atoms with Gasteiger partial charge in [-0.1, -0.05) is 0 Å². The van der Waals surface area contributed by atoms with Crippen molar-refractivity contribution >= 4 is 47.7 Å². The summed E-state index contributed by atoms with van der Waals surface area (Å²) in [5, 5.41) is 0. The molecule has 1 aromatic heterocycles. The maximum Gasteiger partial charge on any atom is 0.304 e. The quantitative estimate of drug-likeness (QED) is 0.226. The monoisotopic (exact) mass is 651 g/mol. The molecule has 2 saturated heterocycles. The molecule has 250 valence electrons. The second-order valence-corrected chi connectivity index (χ2v) is 10.8. The Balaban J connectivity index is 1.82. The van der Waals surface area contributed by atoms with Crippen LogP contribution in [0.2, 0.25) is 0 Å². The molecule has 18 heteroatoms. The molecule has 0 saturated carbocycles. The van der Waals surface area contributed by atoms with Crippen LogP contribution in [0.4, 0.5) is 5.69 Å². The average molecular weight is 652 g/mol. The SMILES string of the molecule is CC(=O)OCC1OCC(OC(C)=O)(C2C=Nc3c2ncn(C2(OC(C)=O)COC(COC(C)=O)C2OC(C)=O)c3=O)C1OC(C)=O. The van der Waals surface area contributed by atoms with E-state index in [9.17, 15) is 33.6 Å². The zero-order chi connectivity index (χ0) is 34.0. The van der Waals surface area contributed by atoms with E-state index in [0.717, 1.165) is 45.5 Å². The van der Waals surface area contributed by atoms with E-state index in [0.29, 0.717) is 0 Å². The second-order valence-electron chi connectivity index (χ2n) is 10.8. The fourth-order valence-electron chi connectivity index (χ4n) is 5.71. The number of aromatic nitrogens is 2. The molecule has 0 aromatic carbocycles. The number of fused-ring (bicyclic) bond motifs is 1. The van der Waals surface area contributed by atoms with Gasteiger partial charge in [0.25, 0.3) is 11.3 Å². The number of aliphatic imine (C=N–C) groups is 1. The summed E-state index contributed by atoms with van der Waals surface area (Å²) in [4.78, 5) is 94.7. The van der Waals surface area contributed by atoms with Gasteiger partial charge >= 0.3 is 35.8 Å². The van der Waals surface area contributed by atoms with Crippen LogP contribution in [0.1, 0.15) is 53.2 Å². The molecular formula is C28H33N3O15. The molecule has 7 atom stereocenters. The van der Waals surface area contributed by atoms with E-state index in [-0.39, 0.29) is 24.6 Å². The van der Waals surface area contributed by atoms with E-state index in [1.165, 1.54) is 13.1 Å². The van der Waals surface area contributed by atoms with Gasteiger partial charge in [-0.3, -0.25) is 43.1 Å². The molecule has 7 unspecified atom stereocenters. The minimum absolute atomic E-state index is 0.0197. The van der Waals surface area contributed by atoms with Crippen LogP contribution >= 0.6 is 0 Å². The van der Waals surface area contributed by atoms with Gasteiger partial charge in [0.1, 0.15) is 38.4 Å². The molecule has 2 fully saturated rings. The van der Waals surface area contributed by atoms with Gasteiger partial charge in [0, 0.05) is 47.8 Å². The van der Waals surface area contributed by atoms with E-state index < -0.39 is 96.2 Å². The number of carbonyl (C=O) groups is 6. The zero-order valence-electron chi connectivity index (χ0n) is 25.8. The van der Waals surface area contributed by atoms with Gasteiger partial charge in [0.15, 0.2) is 23.5 Å². The molecule has 1 aromatic rings. The lowest BCUT2D eigenvalue weighted by Gasteiger charge is -2.37. The van der Waals surface area contributed by atoms with Gasteiger partial charge in [-0.05, 0) is 0 Å². The van der Waals surface area contributed by atoms with E-state index in [4.69, 9.17) is 37.9 Å². The summed E-state index contributed by atoms with van der Waals surface area (Å²) >= 11 is 0. The van der Waals surface area contributed by atoms with Gasteiger partial charge in [0.05, 0.1) is 18.2 Å². The van der Waals surface area contributed by atoms with E-state index in [1.54, 1.807) is 0 Å². The third-order valence-corrected chi connectivity index (χ3v) is 7.33. The van der Waals surface area contributed by atoms with E-state index in [2.05, 4.69) is 9.98 Å². The maximum atomic E-state index is 14.1. The molecular weight excluding hydrogens is 618 g/mol. The highest BCUT2D eigenvalue weighted by Crippen LogP contribution is 2.46. The predicted octanol–water partition coefficient (Wildman–Crippen LogP) is -0.652. The Morgan fingerprint density at radius 1 is 0.783 bits per heavy atom. The summed E-state index contributed by atoms with van der Waals surface area (Å²) < 4.78 is 44.8. The molecule has 3 aliphatic heterocycles. The van der Waals surface area contributed by atoms with Crippen LogP contribution in [-0.4, -0.2) is 108 Å². The molecule has 18 nitrogen and oxygen atoms in total. The van der Waals surface area contributed by atoms with Crippen molar-refractivity contribution in [3.05, 3.63) is 22.4 Å². The van der Waals surface area contributed by atoms with Gasteiger partial charge in [0.2, 0.25) is 0 Å². The summed E-state index contributed by atoms with van der Waals surface area (Å²) in [6.07, 6.45) is -2.74. The Bertz CT molecular complexity index is 1520. The van der Waals surface area contributed by atoms with Crippen LogP contribution in [0.3, 0.4) is 0 Å². The van der Waals surface area contributed by atoms with Crippen molar-refractivity contribution in [2.75, 3.05) is 26.4 Å². The summed E-state index contributed by atoms with van der Waals surface area (Å²) in [5.41, 5.74) is -5.08. The average Bonchev–Trinajstić information content (AvgIpc) is 3.61. The fourth-order valence-corrected chi connectivity index (χ4v) is 5.71. The van der Waals surface area contributed by atoms with Crippen LogP contribution in [0.5, 0.6) is 0 Å². The predicted molar refractivity (Wildman–Crippen MR) is 147 cm³/mol. The number of carbonyl (C=O) groups excluding carboxylic acids is 6. The highest BCUT2D eigenvalue weighted by atomic mass is 16.7. The summed E-state index contributed by atoms with van der Waals surface area (Å²) in [5.74, 6) is -5.65. The molecule has 3 aliphatic rings. The second kappa shape index (κ2) is 13.3. The first kappa shape index (κ1) is 34.2. The maximum absolute atomic E-state index is 14.1. The molecule has 0 bridgehead atoms. The number of rotatable bonds is 10. The van der Waals surface area contributed by atoms with Crippen molar-refractivity contribution < 1.29 is 66.7 Å². The highest BCUT2D eigenvalue weighted by molar-refractivity contribution is 5.82. The highest BCUT2D eigenvalue weighted by Gasteiger charge is 2.62. The van der Waals surface area contributed by atoms with Crippen molar-refractivity contribution in [3.63, 3.8) is 0 Å². The Kier molecular flexibility index (Phi) is 9.91. The first-order valence-corrected chi connectivity index (χ1v) is 14.0. The summed E-state index contributed by atoms with van der Waals surface area (Å²) in [6, 6.07) is 0. The lowest BCUT2D eigenvalue weighted by molar-refractivity contribution is -0.198. The van der Waals surface area contributed by atoms with Crippen LogP contribution in [-0.2, 0) is 72.4 Å². The lowest BCUT2D eigenvalue weighted by atomic mass is 9.81. The van der Waals surface area contributed by atoms with Gasteiger partial charge in [-0.15, -0.1) is 0 Å². The Morgan fingerprint density at radius 3 is 1.87 bits per heavy atom. The zero-order valence-corrected chi connectivity index (χ0v) is 25.8. The normalized spacial score (nSPS) is 29.4. The molecule has 0 radical (unpaired) electrons. The van der Waals surface area contributed by atoms with Crippen LogP contribution in [0.25, 0.3) is 0 Å². The molecule has 46 heavy (non-hydrogen) atoms. The first-order chi connectivity index (χ1) is 21.6. The standard InChI is InChI=1S/C28H33N3O15/c1-13(32)39-8-20-24(43-15(3)34)27(10-41-20,45-17(5)36)19-7-29-23-22(19)30-12-31(26(23)38)28(46-18(6)37)11-42-21(9-40-14(2)33)25(28)44-16(4)35/h7,12,19-21,24-25H,8-11H2,1-6H3.